The lowest BCUT2D eigenvalue weighted by molar-refractivity contribution is 0.415. The zero-order valence-corrected chi connectivity index (χ0v) is 13.1. The number of fused-ring (bicyclic) bond motifs is 1. The molecule has 5 nitrogen and oxygen atoms in total. The Hall–Kier alpha value is -1.37. The number of benzene rings is 1. The summed E-state index contributed by atoms with van der Waals surface area (Å²) >= 11 is 13.7. The number of rotatable bonds is 3. The van der Waals surface area contributed by atoms with Crippen molar-refractivity contribution in [2.75, 3.05) is 7.11 Å². The molecule has 3 rings (SSSR count). The summed E-state index contributed by atoms with van der Waals surface area (Å²) in [5, 5.41) is 14.4. The molecule has 0 aliphatic carbocycles. The van der Waals surface area contributed by atoms with E-state index in [0.29, 0.717) is 15.8 Å². The van der Waals surface area contributed by atoms with Crippen molar-refractivity contribution in [3.05, 3.63) is 28.0 Å². The van der Waals surface area contributed by atoms with Gasteiger partial charge >= 0.3 is 0 Å². The lowest BCUT2D eigenvalue weighted by atomic mass is 10.2. The minimum absolute atomic E-state index is 0.455. The fourth-order valence-electron chi connectivity index (χ4n) is 1.87. The van der Waals surface area contributed by atoms with Crippen LogP contribution in [0, 0.1) is 0 Å². The van der Waals surface area contributed by atoms with Crippen molar-refractivity contribution in [3.63, 3.8) is 0 Å². The zero-order valence-electron chi connectivity index (χ0n) is 10.7. The first-order valence-corrected chi connectivity index (χ1v) is 7.45. The first-order chi connectivity index (χ1) is 9.63. The van der Waals surface area contributed by atoms with Crippen LogP contribution in [0.15, 0.2) is 12.1 Å². The van der Waals surface area contributed by atoms with E-state index in [1.807, 2.05) is 6.92 Å². The van der Waals surface area contributed by atoms with Gasteiger partial charge in [0.05, 0.1) is 17.2 Å². The average molecular weight is 329 g/mol. The molecule has 0 unspecified atom stereocenters. The van der Waals surface area contributed by atoms with E-state index in [2.05, 4.69) is 15.3 Å². The molecule has 0 aliphatic heterocycles. The van der Waals surface area contributed by atoms with Crippen LogP contribution in [-0.4, -0.2) is 26.9 Å². The van der Waals surface area contributed by atoms with Crippen LogP contribution in [0.5, 0.6) is 5.75 Å². The second-order valence-electron chi connectivity index (χ2n) is 4.04. The maximum absolute atomic E-state index is 6.15. The van der Waals surface area contributed by atoms with Gasteiger partial charge in [-0.1, -0.05) is 41.5 Å². The number of aromatic nitrogens is 4. The fourth-order valence-corrected chi connectivity index (χ4v) is 3.36. The summed E-state index contributed by atoms with van der Waals surface area (Å²) in [5.41, 5.74) is 0.832. The Morgan fingerprint density at radius 1 is 1.25 bits per heavy atom. The van der Waals surface area contributed by atoms with E-state index in [1.54, 1.807) is 16.6 Å². The molecule has 8 heteroatoms. The molecule has 0 radical (unpaired) electrons. The number of aryl methyl sites for hydroxylation is 1. The van der Waals surface area contributed by atoms with E-state index >= 15 is 0 Å². The third-order valence-corrected chi connectivity index (χ3v) is 4.33. The Morgan fingerprint density at radius 2 is 1.95 bits per heavy atom. The molecule has 0 fully saturated rings. The standard InChI is InChI=1S/C12H10Cl2N4OS/c1-3-9-15-16-12-18(9)17-11(20-12)6-4-7(13)10(19-2)8(14)5-6/h4-5H,3H2,1-2H3. The monoisotopic (exact) mass is 328 g/mol. The summed E-state index contributed by atoms with van der Waals surface area (Å²) < 4.78 is 6.88. The third-order valence-electron chi connectivity index (χ3n) is 2.82. The van der Waals surface area contributed by atoms with Crippen LogP contribution in [0.3, 0.4) is 0 Å². The molecule has 3 aromatic rings. The van der Waals surface area contributed by atoms with Gasteiger partial charge < -0.3 is 4.74 Å². The summed E-state index contributed by atoms with van der Waals surface area (Å²) in [6, 6.07) is 3.56. The predicted octanol–water partition coefficient (Wildman–Crippen LogP) is 3.73. The molecule has 0 atom stereocenters. The lowest BCUT2D eigenvalue weighted by Gasteiger charge is -2.06. The highest BCUT2D eigenvalue weighted by Gasteiger charge is 2.15. The van der Waals surface area contributed by atoms with Crippen molar-refractivity contribution < 1.29 is 4.74 Å². The highest BCUT2D eigenvalue weighted by atomic mass is 35.5. The Kier molecular flexibility index (Phi) is 3.54. The highest BCUT2D eigenvalue weighted by Crippen LogP contribution is 2.38. The van der Waals surface area contributed by atoms with Gasteiger partial charge in [0.15, 0.2) is 11.6 Å². The summed E-state index contributed by atoms with van der Waals surface area (Å²) in [6.07, 6.45) is 0.772. The van der Waals surface area contributed by atoms with Gasteiger partial charge in [0.25, 0.3) is 0 Å². The number of halogens is 2. The first-order valence-electron chi connectivity index (χ1n) is 5.88. The second-order valence-corrected chi connectivity index (χ2v) is 5.81. The van der Waals surface area contributed by atoms with Crippen LogP contribution in [0.1, 0.15) is 12.7 Å². The fraction of sp³-hybridized carbons (Fsp3) is 0.250. The first kappa shape index (κ1) is 13.6. The molecule has 20 heavy (non-hydrogen) atoms. The minimum Gasteiger partial charge on any atom is -0.494 e. The van der Waals surface area contributed by atoms with Gasteiger partial charge in [-0.25, -0.2) is 0 Å². The molecule has 2 heterocycles. The number of hydrogen-bond acceptors (Lipinski definition) is 5. The molecular formula is C12H10Cl2N4OS. The molecule has 0 saturated heterocycles. The van der Waals surface area contributed by atoms with Gasteiger partial charge in [-0.2, -0.15) is 9.61 Å². The van der Waals surface area contributed by atoms with Crippen molar-refractivity contribution in [2.45, 2.75) is 13.3 Å². The van der Waals surface area contributed by atoms with E-state index in [-0.39, 0.29) is 0 Å². The van der Waals surface area contributed by atoms with E-state index < -0.39 is 0 Å². The van der Waals surface area contributed by atoms with Gasteiger partial charge in [0.1, 0.15) is 5.01 Å². The minimum atomic E-state index is 0.455. The van der Waals surface area contributed by atoms with Crippen molar-refractivity contribution in [2.24, 2.45) is 0 Å². The maximum atomic E-state index is 6.15. The number of hydrogen-bond donors (Lipinski definition) is 0. The lowest BCUT2D eigenvalue weighted by Crippen LogP contribution is -1.93. The van der Waals surface area contributed by atoms with Gasteiger partial charge in [0, 0.05) is 12.0 Å². The molecule has 0 bridgehead atoms. The Bertz CT molecular complexity index is 760. The number of nitrogens with zero attached hydrogens (tertiary/aromatic N) is 4. The largest absolute Gasteiger partial charge is 0.494 e. The highest BCUT2D eigenvalue weighted by molar-refractivity contribution is 7.19. The Morgan fingerprint density at radius 3 is 2.55 bits per heavy atom. The van der Waals surface area contributed by atoms with E-state index in [4.69, 9.17) is 27.9 Å². The molecule has 104 valence electrons. The zero-order chi connectivity index (χ0) is 14.3. The molecule has 0 aliphatic rings. The van der Waals surface area contributed by atoms with Crippen molar-refractivity contribution in [1.82, 2.24) is 19.8 Å². The number of ether oxygens (including phenoxy) is 1. The molecule has 0 spiro atoms. The van der Waals surface area contributed by atoms with E-state index in [1.165, 1.54) is 18.4 Å². The topological polar surface area (TPSA) is 52.3 Å². The Labute approximate surface area is 129 Å². The van der Waals surface area contributed by atoms with Crippen LogP contribution in [0.4, 0.5) is 0 Å². The summed E-state index contributed by atoms with van der Waals surface area (Å²) in [5.74, 6) is 1.29. The normalized spacial score (nSPS) is 11.2. The molecule has 0 amide bonds. The second kappa shape index (κ2) is 5.20. The van der Waals surface area contributed by atoms with E-state index in [9.17, 15) is 0 Å². The van der Waals surface area contributed by atoms with Gasteiger partial charge in [-0.15, -0.1) is 10.2 Å². The van der Waals surface area contributed by atoms with Gasteiger partial charge in [-0.05, 0) is 12.1 Å². The van der Waals surface area contributed by atoms with Crippen molar-refractivity contribution >= 4 is 39.5 Å². The van der Waals surface area contributed by atoms with E-state index in [0.717, 1.165) is 27.8 Å². The van der Waals surface area contributed by atoms with Gasteiger partial charge in [0.2, 0.25) is 4.96 Å². The van der Waals surface area contributed by atoms with Crippen LogP contribution < -0.4 is 4.74 Å². The maximum Gasteiger partial charge on any atom is 0.234 e. The average Bonchev–Trinajstić information content (AvgIpc) is 2.97. The van der Waals surface area contributed by atoms with Crippen LogP contribution >= 0.6 is 34.5 Å². The van der Waals surface area contributed by atoms with Crippen LogP contribution in [0.25, 0.3) is 15.5 Å². The van der Waals surface area contributed by atoms with Crippen LogP contribution in [0.2, 0.25) is 10.0 Å². The molecule has 0 saturated carbocycles. The van der Waals surface area contributed by atoms with Crippen molar-refractivity contribution in [1.29, 1.82) is 0 Å². The molecule has 0 N–H and O–H groups in total. The third kappa shape index (κ3) is 2.13. The summed E-state index contributed by atoms with van der Waals surface area (Å²) in [6.45, 7) is 2.01. The van der Waals surface area contributed by atoms with Crippen LogP contribution in [-0.2, 0) is 6.42 Å². The quantitative estimate of drug-likeness (QED) is 0.735. The molecular weight excluding hydrogens is 319 g/mol. The van der Waals surface area contributed by atoms with Crippen molar-refractivity contribution in [3.8, 4) is 16.3 Å². The Balaban J connectivity index is 2.13. The SMILES string of the molecule is CCc1nnc2sc(-c3cc(Cl)c(OC)c(Cl)c3)nn12. The summed E-state index contributed by atoms with van der Waals surface area (Å²) in [4.78, 5) is 0.750. The smallest absolute Gasteiger partial charge is 0.234 e. The summed E-state index contributed by atoms with van der Waals surface area (Å²) in [7, 11) is 1.53. The molecule has 1 aromatic carbocycles. The number of methoxy groups -OCH3 is 1. The van der Waals surface area contributed by atoms with Gasteiger partial charge in [-0.3, -0.25) is 0 Å². The predicted molar refractivity (Wildman–Crippen MR) is 80.0 cm³/mol. The molecule has 2 aromatic heterocycles.